The summed E-state index contributed by atoms with van der Waals surface area (Å²) in [5.41, 5.74) is 0.0281. The van der Waals surface area contributed by atoms with E-state index in [1.54, 1.807) is 24.0 Å². The summed E-state index contributed by atoms with van der Waals surface area (Å²) in [6.45, 7) is 0.538. The van der Waals surface area contributed by atoms with E-state index in [1.165, 1.54) is 0 Å². The molecule has 2 rings (SSSR count). The third-order valence-corrected chi connectivity index (χ3v) is 2.69. The number of halogens is 4. The van der Waals surface area contributed by atoms with Crippen LogP contribution in [-0.4, -0.2) is 9.78 Å². The summed E-state index contributed by atoms with van der Waals surface area (Å²) in [4.78, 5) is 0. The Bertz CT molecular complexity index is 590. The molecule has 3 nitrogen and oxygen atoms in total. The van der Waals surface area contributed by atoms with Gasteiger partial charge in [0.25, 0.3) is 0 Å². The first-order chi connectivity index (χ1) is 9.34. The third-order valence-electron chi connectivity index (χ3n) is 2.69. The highest BCUT2D eigenvalue weighted by atomic mass is 19.4. The van der Waals surface area contributed by atoms with Gasteiger partial charge >= 0.3 is 6.18 Å². The van der Waals surface area contributed by atoms with E-state index in [0.29, 0.717) is 12.6 Å². The van der Waals surface area contributed by atoms with Gasteiger partial charge in [0.05, 0.1) is 11.3 Å². The van der Waals surface area contributed by atoms with Crippen LogP contribution in [0.2, 0.25) is 0 Å². The van der Waals surface area contributed by atoms with Gasteiger partial charge < -0.3 is 5.32 Å². The number of aryl methyl sites for hydroxylation is 1. The van der Waals surface area contributed by atoms with Gasteiger partial charge in [0.1, 0.15) is 5.82 Å². The van der Waals surface area contributed by atoms with Crippen LogP contribution < -0.4 is 5.32 Å². The van der Waals surface area contributed by atoms with Crippen molar-refractivity contribution < 1.29 is 17.6 Å². The fourth-order valence-electron chi connectivity index (χ4n) is 1.81. The zero-order valence-corrected chi connectivity index (χ0v) is 10.7. The van der Waals surface area contributed by atoms with Crippen molar-refractivity contribution in [2.24, 2.45) is 7.05 Å². The zero-order valence-electron chi connectivity index (χ0n) is 10.7. The molecular weight excluding hydrogens is 274 g/mol. The lowest BCUT2D eigenvalue weighted by Gasteiger charge is -2.10. The van der Waals surface area contributed by atoms with E-state index in [2.05, 4.69) is 10.4 Å². The van der Waals surface area contributed by atoms with Gasteiger partial charge in [-0.05, 0) is 29.8 Å². The maximum atomic E-state index is 13.2. The van der Waals surface area contributed by atoms with Crippen molar-refractivity contribution >= 4 is 0 Å². The molecule has 0 aliphatic heterocycles. The molecule has 0 atom stereocenters. The topological polar surface area (TPSA) is 29.9 Å². The normalized spacial score (nSPS) is 11.8. The molecule has 0 spiro atoms. The van der Waals surface area contributed by atoms with E-state index in [-0.39, 0.29) is 12.1 Å². The van der Waals surface area contributed by atoms with Crippen molar-refractivity contribution in [3.8, 4) is 0 Å². The second-order valence-corrected chi connectivity index (χ2v) is 4.43. The predicted molar refractivity (Wildman–Crippen MR) is 65.2 cm³/mol. The van der Waals surface area contributed by atoms with Crippen molar-refractivity contribution in [2.75, 3.05) is 0 Å². The first-order valence-electron chi connectivity index (χ1n) is 5.90. The Balaban J connectivity index is 2.00. The van der Waals surface area contributed by atoms with Crippen molar-refractivity contribution in [2.45, 2.75) is 19.3 Å². The van der Waals surface area contributed by atoms with Gasteiger partial charge in [-0.3, -0.25) is 4.68 Å². The Morgan fingerprint density at radius 2 is 1.95 bits per heavy atom. The lowest BCUT2D eigenvalue weighted by Crippen LogP contribution is -2.14. The van der Waals surface area contributed by atoms with Crippen LogP contribution in [0.3, 0.4) is 0 Å². The number of hydrogen-bond donors (Lipinski definition) is 1. The van der Waals surface area contributed by atoms with Gasteiger partial charge in [0.15, 0.2) is 0 Å². The molecule has 1 aromatic carbocycles. The molecule has 1 aromatic heterocycles. The van der Waals surface area contributed by atoms with E-state index < -0.39 is 17.6 Å². The molecular formula is C13H13F4N3. The molecule has 20 heavy (non-hydrogen) atoms. The standard InChI is InChI=1S/C13H13F4N3/c1-20-3-2-12(19-20)8-18-7-9-4-10(13(15,16)17)6-11(14)5-9/h2-6,18H,7-8H2,1H3. The maximum Gasteiger partial charge on any atom is 0.416 e. The van der Waals surface area contributed by atoms with Crippen molar-refractivity contribution in [3.05, 3.63) is 53.1 Å². The van der Waals surface area contributed by atoms with Gasteiger partial charge in [0, 0.05) is 26.3 Å². The highest BCUT2D eigenvalue weighted by Gasteiger charge is 2.31. The number of nitrogens with one attached hydrogen (secondary N) is 1. The summed E-state index contributed by atoms with van der Waals surface area (Å²) >= 11 is 0. The molecule has 0 bridgehead atoms. The molecule has 0 aliphatic rings. The Labute approximate surface area is 113 Å². The zero-order chi connectivity index (χ0) is 14.8. The van der Waals surface area contributed by atoms with Gasteiger partial charge in [0.2, 0.25) is 0 Å². The van der Waals surface area contributed by atoms with Gasteiger partial charge in [-0.25, -0.2) is 4.39 Å². The smallest absolute Gasteiger partial charge is 0.307 e. The molecule has 1 heterocycles. The quantitative estimate of drug-likeness (QED) is 0.876. The molecule has 0 saturated heterocycles. The van der Waals surface area contributed by atoms with E-state index in [4.69, 9.17) is 0 Å². The Morgan fingerprint density at radius 1 is 1.20 bits per heavy atom. The summed E-state index contributed by atoms with van der Waals surface area (Å²) in [5.74, 6) is -0.894. The van der Waals surface area contributed by atoms with Gasteiger partial charge in [-0.1, -0.05) is 0 Å². The first-order valence-corrected chi connectivity index (χ1v) is 5.90. The van der Waals surface area contributed by atoms with Gasteiger partial charge in [-0.2, -0.15) is 18.3 Å². The van der Waals surface area contributed by atoms with Crippen molar-refractivity contribution in [1.29, 1.82) is 0 Å². The summed E-state index contributed by atoms with van der Waals surface area (Å²) in [6.07, 6.45) is -2.78. The van der Waals surface area contributed by atoms with Crippen LogP contribution in [0.5, 0.6) is 0 Å². The highest BCUT2D eigenvalue weighted by molar-refractivity contribution is 5.26. The maximum absolute atomic E-state index is 13.2. The average molecular weight is 287 g/mol. The molecule has 0 saturated carbocycles. The molecule has 0 radical (unpaired) electrons. The number of benzene rings is 1. The number of rotatable bonds is 4. The number of aromatic nitrogens is 2. The molecule has 108 valence electrons. The monoisotopic (exact) mass is 287 g/mol. The van der Waals surface area contributed by atoms with Crippen LogP contribution in [0.4, 0.5) is 17.6 Å². The molecule has 0 aliphatic carbocycles. The minimum Gasteiger partial charge on any atom is -0.307 e. The molecule has 0 amide bonds. The summed E-state index contributed by atoms with van der Waals surface area (Å²) < 4.78 is 52.4. The first kappa shape index (κ1) is 14.5. The Kier molecular flexibility index (Phi) is 4.08. The number of nitrogens with zero attached hydrogens (tertiary/aromatic N) is 2. The Hall–Kier alpha value is -1.89. The van der Waals surface area contributed by atoms with Crippen molar-refractivity contribution in [3.63, 3.8) is 0 Å². The van der Waals surface area contributed by atoms with Crippen molar-refractivity contribution in [1.82, 2.24) is 15.1 Å². The van der Waals surface area contributed by atoms with Crippen LogP contribution in [0, 0.1) is 5.82 Å². The van der Waals surface area contributed by atoms with Crippen LogP contribution in [-0.2, 0) is 26.3 Å². The summed E-state index contributed by atoms with van der Waals surface area (Å²) in [7, 11) is 1.77. The van der Waals surface area contributed by atoms with Crippen LogP contribution in [0.1, 0.15) is 16.8 Å². The largest absolute Gasteiger partial charge is 0.416 e. The molecule has 7 heteroatoms. The lowest BCUT2D eigenvalue weighted by atomic mass is 10.1. The molecule has 0 fully saturated rings. The van der Waals surface area contributed by atoms with E-state index in [9.17, 15) is 17.6 Å². The number of alkyl halides is 3. The fraction of sp³-hybridized carbons (Fsp3) is 0.308. The second kappa shape index (κ2) is 5.62. The Morgan fingerprint density at radius 3 is 2.55 bits per heavy atom. The molecule has 0 unspecified atom stereocenters. The minimum absolute atomic E-state index is 0.136. The third kappa shape index (κ3) is 3.80. The fourth-order valence-corrected chi connectivity index (χ4v) is 1.81. The van der Waals surface area contributed by atoms with E-state index in [1.807, 2.05) is 0 Å². The lowest BCUT2D eigenvalue weighted by molar-refractivity contribution is -0.137. The molecule has 2 aromatic rings. The average Bonchev–Trinajstić information content (AvgIpc) is 2.73. The van der Waals surface area contributed by atoms with Crippen LogP contribution in [0.25, 0.3) is 0 Å². The number of hydrogen-bond acceptors (Lipinski definition) is 2. The van der Waals surface area contributed by atoms with Gasteiger partial charge in [-0.15, -0.1) is 0 Å². The molecule has 1 N–H and O–H groups in total. The second-order valence-electron chi connectivity index (χ2n) is 4.43. The van der Waals surface area contributed by atoms with E-state index in [0.717, 1.165) is 17.8 Å². The minimum atomic E-state index is -4.54. The summed E-state index contributed by atoms with van der Waals surface area (Å²) in [6, 6.07) is 4.30. The van der Waals surface area contributed by atoms with Crippen LogP contribution in [0.15, 0.2) is 30.5 Å². The predicted octanol–water partition coefficient (Wildman–Crippen LogP) is 2.87. The SMILES string of the molecule is Cn1ccc(CNCc2cc(F)cc(C(F)(F)F)c2)n1. The van der Waals surface area contributed by atoms with Crippen LogP contribution >= 0.6 is 0 Å². The highest BCUT2D eigenvalue weighted by Crippen LogP contribution is 2.30. The van der Waals surface area contributed by atoms with E-state index >= 15 is 0 Å². The summed E-state index contributed by atoms with van der Waals surface area (Å²) in [5, 5.41) is 7.04.